The van der Waals surface area contributed by atoms with Gasteiger partial charge in [0.15, 0.2) is 0 Å². The lowest BCUT2D eigenvalue weighted by Crippen LogP contribution is -2.58. The van der Waals surface area contributed by atoms with Gasteiger partial charge in [-0.05, 0) is 21.0 Å². The lowest BCUT2D eigenvalue weighted by Gasteiger charge is -2.38. The molecule has 2 N–H and O–H groups in total. The number of hydrogen-bond donors (Lipinski definition) is 1. The van der Waals surface area contributed by atoms with Crippen molar-refractivity contribution >= 4 is 5.97 Å². The Hall–Kier alpha value is -0.690. The van der Waals surface area contributed by atoms with E-state index >= 15 is 0 Å². The van der Waals surface area contributed by atoms with E-state index in [1.807, 2.05) is 0 Å². The summed E-state index contributed by atoms with van der Waals surface area (Å²) < 4.78 is 4.74. The van der Waals surface area contributed by atoms with Gasteiger partial charge in [-0.3, -0.25) is 14.6 Å². The molecule has 112 valence electrons. The van der Waals surface area contributed by atoms with E-state index < -0.39 is 5.54 Å². The molecule has 19 heavy (non-hydrogen) atoms. The maximum atomic E-state index is 11.6. The smallest absolute Gasteiger partial charge is 0.326 e. The number of carbonyl (C=O) groups is 1. The minimum atomic E-state index is -0.916. The molecule has 6 heteroatoms. The van der Waals surface area contributed by atoms with Gasteiger partial charge in [0.2, 0.25) is 0 Å². The molecule has 1 aliphatic rings. The quantitative estimate of drug-likeness (QED) is 0.630. The van der Waals surface area contributed by atoms with Gasteiger partial charge in [-0.25, -0.2) is 0 Å². The number of nitrogens with zero attached hydrogens (tertiary/aromatic N) is 3. The minimum Gasteiger partial charge on any atom is -0.468 e. The van der Waals surface area contributed by atoms with Crippen LogP contribution in [0.4, 0.5) is 0 Å². The van der Waals surface area contributed by atoms with Gasteiger partial charge in [0.1, 0.15) is 5.54 Å². The number of hydrogen-bond acceptors (Lipinski definition) is 6. The van der Waals surface area contributed by atoms with Gasteiger partial charge in [0.25, 0.3) is 0 Å². The second-order valence-corrected chi connectivity index (χ2v) is 5.83. The Morgan fingerprint density at radius 3 is 2.26 bits per heavy atom. The number of methoxy groups -OCH3 is 1. The summed E-state index contributed by atoms with van der Waals surface area (Å²) in [6.45, 7) is 8.44. The van der Waals surface area contributed by atoms with Crippen LogP contribution in [0.2, 0.25) is 0 Å². The van der Waals surface area contributed by atoms with Crippen LogP contribution >= 0.6 is 0 Å². The van der Waals surface area contributed by atoms with Gasteiger partial charge >= 0.3 is 5.97 Å². The van der Waals surface area contributed by atoms with E-state index in [4.69, 9.17) is 10.5 Å². The molecule has 1 heterocycles. The predicted octanol–water partition coefficient (Wildman–Crippen LogP) is -0.944. The first-order chi connectivity index (χ1) is 8.85. The van der Waals surface area contributed by atoms with E-state index in [1.54, 1.807) is 6.92 Å². The SMILES string of the molecule is COC(=O)C(C)(N)CN1CCN(CCN(C)C)CC1. The molecule has 0 radical (unpaired) electrons. The Morgan fingerprint density at radius 1 is 1.26 bits per heavy atom. The van der Waals surface area contributed by atoms with E-state index in [1.165, 1.54) is 7.11 Å². The third-order valence-electron chi connectivity index (χ3n) is 3.53. The topological polar surface area (TPSA) is 62.0 Å². The third-order valence-corrected chi connectivity index (χ3v) is 3.53. The lowest BCUT2D eigenvalue weighted by molar-refractivity contribution is -0.147. The number of esters is 1. The van der Waals surface area contributed by atoms with Gasteiger partial charge in [-0.2, -0.15) is 0 Å². The number of carbonyl (C=O) groups excluding carboxylic acids is 1. The molecule has 1 atom stereocenters. The second kappa shape index (κ2) is 7.19. The first-order valence-electron chi connectivity index (χ1n) is 6.82. The zero-order chi connectivity index (χ0) is 14.5. The number of piperazine rings is 1. The normalized spacial score (nSPS) is 21.4. The van der Waals surface area contributed by atoms with Gasteiger partial charge in [0.05, 0.1) is 7.11 Å². The van der Waals surface area contributed by atoms with Crippen molar-refractivity contribution in [1.82, 2.24) is 14.7 Å². The first kappa shape index (κ1) is 16.4. The van der Waals surface area contributed by atoms with Crippen molar-refractivity contribution in [3.8, 4) is 0 Å². The van der Waals surface area contributed by atoms with Crippen LogP contribution in [0.1, 0.15) is 6.92 Å². The summed E-state index contributed by atoms with van der Waals surface area (Å²) in [4.78, 5) is 18.4. The summed E-state index contributed by atoms with van der Waals surface area (Å²) >= 11 is 0. The van der Waals surface area contributed by atoms with Crippen LogP contribution in [-0.4, -0.2) is 93.2 Å². The van der Waals surface area contributed by atoms with Crippen LogP contribution in [0.5, 0.6) is 0 Å². The molecule has 1 rings (SSSR count). The highest BCUT2D eigenvalue weighted by Gasteiger charge is 2.32. The molecule has 0 aromatic rings. The molecule has 1 unspecified atom stereocenters. The molecule has 0 spiro atoms. The van der Waals surface area contributed by atoms with Crippen molar-refractivity contribution in [3.63, 3.8) is 0 Å². The Balaban J connectivity index is 2.32. The molecule has 0 aromatic heterocycles. The highest BCUT2D eigenvalue weighted by molar-refractivity contribution is 5.80. The average molecular weight is 272 g/mol. The lowest BCUT2D eigenvalue weighted by atomic mass is 10.0. The van der Waals surface area contributed by atoms with Gasteiger partial charge in [0, 0.05) is 45.8 Å². The molecule has 0 saturated carbocycles. The Kier molecular flexibility index (Phi) is 6.19. The Bertz CT molecular complexity index is 286. The summed E-state index contributed by atoms with van der Waals surface area (Å²) in [6, 6.07) is 0. The van der Waals surface area contributed by atoms with E-state index in [2.05, 4.69) is 28.8 Å². The summed E-state index contributed by atoms with van der Waals surface area (Å²) in [7, 11) is 5.56. The number of rotatable bonds is 6. The summed E-state index contributed by atoms with van der Waals surface area (Å²) in [5, 5.41) is 0. The van der Waals surface area contributed by atoms with Crippen molar-refractivity contribution in [2.24, 2.45) is 5.73 Å². The van der Waals surface area contributed by atoms with Crippen molar-refractivity contribution in [3.05, 3.63) is 0 Å². The minimum absolute atomic E-state index is 0.345. The zero-order valence-corrected chi connectivity index (χ0v) is 12.7. The fourth-order valence-electron chi connectivity index (χ4n) is 2.27. The van der Waals surface area contributed by atoms with Crippen LogP contribution in [0.25, 0.3) is 0 Å². The monoisotopic (exact) mass is 272 g/mol. The maximum absolute atomic E-state index is 11.6. The van der Waals surface area contributed by atoms with E-state index in [9.17, 15) is 4.79 Å². The summed E-state index contributed by atoms with van der Waals surface area (Å²) in [5.41, 5.74) is 5.08. The average Bonchev–Trinajstić information content (AvgIpc) is 2.36. The van der Waals surface area contributed by atoms with Crippen LogP contribution in [-0.2, 0) is 9.53 Å². The molecule has 0 aliphatic carbocycles. The highest BCUT2D eigenvalue weighted by atomic mass is 16.5. The van der Waals surface area contributed by atoms with Gasteiger partial charge in [-0.15, -0.1) is 0 Å². The highest BCUT2D eigenvalue weighted by Crippen LogP contribution is 2.09. The van der Waals surface area contributed by atoms with Gasteiger partial charge < -0.3 is 15.4 Å². The molecular weight excluding hydrogens is 244 g/mol. The van der Waals surface area contributed by atoms with E-state index in [0.717, 1.165) is 39.3 Å². The number of ether oxygens (including phenoxy) is 1. The van der Waals surface area contributed by atoms with Crippen molar-refractivity contribution in [2.45, 2.75) is 12.5 Å². The third kappa shape index (κ3) is 5.44. The molecule has 1 fully saturated rings. The largest absolute Gasteiger partial charge is 0.468 e. The maximum Gasteiger partial charge on any atom is 0.326 e. The summed E-state index contributed by atoms with van der Waals surface area (Å²) in [5.74, 6) is -0.345. The molecule has 0 bridgehead atoms. The molecule has 1 aliphatic heterocycles. The Morgan fingerprint density at radius 2 is 1.79 bits per heavy atom. The van der Waals surface area contributed by atoms with Crippen LogP contribution in [0, 0.1) is 0 Å². The zero-order valence-electron chi connectivity index (χ0n) is 12.7. The van der Waals surface area contributed by atoms with E-state index in [-0.39, 0.29) is 5.97 Å². The van der Waals surface area contributed by atoms with E-state index in [0.29, 0.717) is 6.54 Å². The van der Waals surface area contributed by atoms with Crippen molar-refractivity contribution in [2.75, 3.05) is 67.0 Å². The van der Waals surface area contributed by atoms with Gasteiger partial charge in [-0.1, -0.05) is 0 Å². The van der Waals surface area contributed by atoms with Crippen molar-refractivity contribution < 1.29 is 9.53 Å². The fourth-order valence-corrected chi connectivity index (χ4v) is 2.27. The van der Waals surface area contributed by atoms with Crippen LogP contribution < -0.4 is 5.73 Å². The number of likely N-dealkylation sites (N-methyl/N-ethyl adjacent to an activating group) is 1. The summed E-state index contributed by atoms with van der Waals surface area (Å²) in [6.07, 6.45) is 0. The molecule has 6 nitrogen and oxygen atoms in total. The first-order valence-corrected chi connectivity index (χ1v) is 6.82. The standard InChI is InChI=1S/C13H28N4O2/c1-13(14,12(18)19-4)11-17-9-7-16(8-10-17)6-5-15(2)3/h5-11,14H2,1-4H3. The fraction of sp³-hybridized carbons (Fsp3) is 0.923. The number of nitrogens with two attached hydrogens (primary N) is 1. The van der Waals surface area contributed by atoms with Crippen LogP contribution in [0.15, 0.2) is 0 Å². The predicted molar refractivity (Wildman–Crippen MR) is 76.0 cm³/mol. The second-order valence-electron chi connectivity index (χ2n) is 5.83. The Labute approximate surface area is 116 Å². The molecule has 0 amide bonds. The molecular formula is C13H28N4O2. The van der Waals surface area contributed by atoms with Crippen molar-refractivity contribution in [1.29, 1.82) is 0 Å². The molecule has 0 aromatic carbocycles. The molecule has 1 saturated heterocycles. The van der Waals surface area contributed by atoms with Crippen LogP contribution in [0.3, 0.4) is 0 Å².